The van der Waals surface area contributed by atoms with Crippen molar-refractivity contribution in [2.45, 2.75) is 6.54 Å². The molecule has 0 amide bonds. The van der Waals surface area contributed by atoms with Gasteiger partial charge in [0.15, 0.2) is 11.5 Å². The maximum atomic E-state index is 11.4. The molecule has 2 aromatic heterocycles. The summed E-state index contributed by atoms with van der Waals surface area (Å²) in [6.07, 6.45) is 1.52. The second kappa shape index (κ2) is 4.33. The van der Waals surface area contributed by atoms with Crippen molar-refractivity contribution < 1.29 is 0 Å². The molecule has 0 aliphatic heterocycles. The number of aromatic nitrogens is 4. The van der Waals surface area contributed by atoms with Crippen LogP contribution in [0.2, 0.25) is 0 Å². The highest BCUT2D eigenvalue weighted by Gasteiger charge is 2.06. The third-order valence-corrected chi connectivity index (χ3v) is 2.62. The highest BCUT2D eigenvalue weighted by molar-refractivity contribution is 5.81. The molecule has 0 radical (unpaired) electrons. The average molecular weight is 241 g/mol. The van der Waals surface area contributed by atoms with Crippen molar-refractivity contribution in [1.29, 1.82) is 0 Å². The number of H-pyrrole nitrogens is 2. The molecular formula is C12H11N5O. The number of fused-ring (bicyclic) bond motifs is 1. The Hall–Kier alpha value is -2.63. The van der Waals surface area contributed by atoms with E-state index in [-0.39, 0.29) is 0 Å². The molecule has 0 fully saturated rings. The molecular weight excluding hydrogens is 230 g/mol. The summed E-state index contributed by atoms with van der Waals surface area (Å²) >= 11 is 0. The van der Waals surface area contributed by atoms with Crippen LogP contribution in [0.5, 0.6) is 0 Å². The van der Waals surface area contributed by atoms with E-state index in [1.807, 2.05) is 30.3 Å². The van der Waals surface area contributed by atoms with Gasteiger partial charge in [-0.3, -0.25) is 4.98 Å². The fourth-order valence-corrected chi connectivity index (χ4v) is 1.77. The minimum Gasteiger partial charge on any atom is -0.364 e. The summed E-state index contributed by atoms with van der Waals surface area (Å²) in [5.41, 5.74) is 1.91. The Morgan fingerprint density at radius 3 is 2.89 bits per heavy atom. The van der Waals surface area contributed by atoms with Gasteiger partial charge in [0.2, 0.25) is 0 Å². The van der Waals surface area contributed by atoms with E-state index >= 15 is 0 Å². The topological polar surface area (TPSA) is 86.5 Å². The smallest absolute Gasteiger partial charge is 0.348 e. The molecule has 0 atom stereocenters. The fraction of sp³-hybridized carbons (Fsp3) is 0.0833. The summed E-state index contributed by atoms with van der Waals surface area (Å²) in [5, 5.41) is 3.13. The van der Waals surface area contributed by atoms with Crippen molar-refractivity contribution in [2.75, 3.05) is 5.32 Å². The predicted octanol–water partition coefficient (Wildman–Crippen LogP) is 1.26. The highest BCUT2D eigenvalue weighted by atomic mass is 16.1. The third kappa shape index (κ3) is 1.95. The number of rotatable bonds is 3. The van der Waals surface area contributed by atoms with Crippen molar-refractivity contribution in [1.82, 2.24) is 19.9 Å². The van der Waals surface area contributed by atoms with E-state index in [0.29, 0.717) is 23.5 Å². The van der Waals surface area contributed by atoms with Gasteiger partial charge in [0.05, 0.1) is 6.33 Å². The zero-order valence-corrected chi connectivity index (χ0v) is 9.47. The fourth-order valence-electron chi connectivity index (χ4n) is 1.77. The normalized spacial score (nSPS) is 10.7. The van der Waals surface area contributed by atoms with E-state index in [1.54, 1.807) is 0 Å². The first kappa shape index (κ1) is 10.5. The van der Waals surface area contributed by atoms with Gasteiger partial charge in [-0.15, -0.1) is 0 Å². The molecule has 0 aliphatic rings. The van der Waals surface area contributed by atoms with E-state index in [2.05, 4.69) is 25.3 Å². The van der Waals surface area contributed by atoms with Gasteiger partial charge in [0, 0.05) is 6.54 Å². The minimum absolute atomic E-state index is 0.412. The summed E-state index contributed by atoms with van der Waals surface area (Å²) in [5.74, 6) is 0.509. The second-order valence-electron chi connectivity index (χ2n) is 3.86. The van der Waals surface area contributed by atoms with E-state index in [9.17, 15) is 4.79 Å². The van der Waals surface area contributed by atoms with E-state index in [0.717, 1.165) is 5.56 Å². The van der Waals surface area contributed by atoms with Gasteiger partial charge in [-0.2, -0.15) is 4.98 Å². The van der Waals surface area contributed by atoms with Crippen molar-refractivity contribution in [3.05, 3.63) is 52.7 Å². The van der Waals surface area contributed by atoms with Crippen LogP contribution in [0.15, 0.2) is 41.5 Å². The summed E-state index contributed by atoms with van der Waals surface area (Å²) < 4.78 is 0. The first-order valence-corrected chi connectivity index (χ1v) is 5.54. The predicted molar refractivity (Wildman–Crippen MR) is 68.3 cm³/mol. The van der Waals surface area contributed by atoms with Gasteiger partial charge in [0.1, 0.15) is 5.52 Å². The zero-order valence-electron chi connectivity index (χ0n) is 9.47. The molecule has 0 spiro atoms. The molecule has 0 aliphatic carbocycles. The molecule has 3 rings (SSSR count). The third-order valence-electron chi connectivity index (χ3n) is 2.62. The lowest BCUT2D eigenvalue weighted by atomic mass is 10.2. The molecule has 90 valence electrons. The summed E-state index contributed by atoms with van der Waals surface area (Å²) in [4.78, 5) is 24.8. The molecule has 3 aromatic rings. The number of hydrogen-bond donors (Lipinski definition) is 3. The molecule has 2 heterocycles. The van der Waals surface area contributed by atoms with Crippen molar-refractivity contribution in [2.24, 2.45) is 0 Å². The van der Waals surface area contributed by atoms with Gasteiger partial charge in [-0.05, 0) is 5.56 Å². The maximum absolute atomic E-state index is 11.4. The van der Waals surface area contributed by atoms with Crippen LogP contribution in [0.4, 0.5) is 5.82 Å². The summed E-state index contributed by atoms with van der Waals surface area (Å²) in [6.45, 7) is 0.603. The van der Waals surface area contributed by atoms with E-state index in [4.69, 9.17) is 0 Å². The Morgan fingerprint density at radius 1 is 1.22 bits per heavy atom. The Balaban J connectivity index is 1.91. The lowest BCUT2D eigenvalue weighted by molar-refractivity contribution is 1.06. The molecule has 18 heavy (non-hydrogen) atoms. The summed E-state index contributed by atoms with van der Waals surface area (Å²) in [6, 6.07) is 9.90. The van der Waals surface area contributed by atoms with Gasteiger partial charge < -0.3 is 10.3 Å². The van der Waals surface area contributed by atoms with Crippen LogP contribution in [0.25, 0.3) is 11.2 Å². The Labute approximate surface area is 102 Å². The van der Waals surface area contributed by atoms with Gasteiger partial charge in [-0.25, -0.2) is 9.78 Å². The standard InChI is InChI=1S/C12H11N5O/c18-12-16-10(9-11(17-12)15-7-14-9)13-6-8-4-2-1-3-5-8/h1-5,7H,6H2,(H3,13,14,15,16,17,18). The lowest BCUT2D eigenvalue weighted by Crippen LogP contribution is -2.14. The van der Waals surface area contributed by atoms with Gasteiger partial charge in [0.25, 0.3) is 0 Å². The number of hydrogen-bond acceptors (Lipinski definition) is 4. The Morgan fingerprint density at radius 2 is 2.06 bits per heavy atom. The molecule has 0 unspecified atom stereocenters. The minimum atomic E-state index is -0.412. The van der Waals surface area contributed by atoms with Crippen LogP contribution >= 0.6 is 0 Å². The number of anilines is 1. The zero-order chi connectivity index (χ0) is 12.4. The highest BCUT2D eigenvalue weighted by Crippen LogP contribution is 2.13. The number of nitrogens with zero attached hydrogens (tertiary/aromatic N) is 2. The summed E-state index contributed by atoms with van der Waals surface area (Å²) in [7, 11) is 0. The largest absolute Gasteiger partial charge is 0.364 e. The van der Waals surface area contributed by atoms with Crippen LogP contribution < -0.4 is 11.0 Å². The SMILES string of the molecule is O=c1nc(NCc2ccccc2)c2[nH]cnc2[nH]1. The first-order chi connectivity index (χ1) is 8.83. The molecule has 1 aromatic carbocycles. The molecule has 0 bridgehead atoms. The molecule has 0 saturated heterocycles. The first-order valence-electron chi connectivity index (χ1n) is 5.54. The van der Waals surface area contributed by atoms with E-state index in [1.165, 1.54) is 6.33 Å². The number of nitrogens with one attached hydrogen (secondary N) is 3. The van der Waals surface area contributed by atoms with Gasteiger partial charge >= 0.3 is 5.69 Å². The number of imidazole rings is 1. The Kier molecular flexibility index (Phi) is 2.53. The molecule has 6 heteroatoms. The molecule has 0 saturated carbocycles. The van der Waals surface area contributed by atoms with Gasteiger partial charge in [-0.1, -0.05) is 30.3 Å². The van der Waals surface area contributed by atoms with Crippen molar-refractivity contribution >= 4 is 17.0 Å². The van der Waals surface area contributed by atoms with E-state index < -0.39 is 5.69 Å². The number of benzene rings is 1. The van der Waals surface area contributed by atoms with Crippen LogP contribution in [0.3, 0.4) is 0 Å². The van der Waals surface area contributed by atoms with Crippen molar-refractivity contribution in [3.8, 4) is 0 Å². The average Bonchev–Trinajstić information content (AvgIpc) is 2.85. The molecule has 3 N–H and O–H groups in total. The van der Waals surface area contributed by atoms with Crippen molar-refractivity contribution in [3.63, 3.8) is 0 Å². The Bertz CT molecular complexity index is 716. The second-order valence-corrected chi connectivity index (χ2v) is 3.86. The quantitative estimate of drug-likeness (QED) is 0.644. The monoisotopic (exact) mass is 241 g/mol. The lowest BCUT2D eigenvalue weighted by Gasteiger charge is -2.05. The van der Waals surface area contributed by atoms with Crippen LogP contribution in [-0.4, -0.2) is 19.9 Å². The maximum Gasteiger partial charge on any atom is 0.348 e. The van der Waals surface area contributed by atoms with Crippen LogP contribution in [0, 0.1) is 0 Å². The van der Waals surface area contributed by atoms with Crippen LogP contribution in [-0.2, 0) is 6.54 Å². The number of aromatic amines is 2. The molecule has 6 nitrogen and oxygen atoms in total. The van der Waals surface area contributed by atoms with Crippen LogP contribution in [0.1, 0.15) is 5.56 Å².